The maximum Gasteiger partial charge on any atom is 0.359 e. The zero-order valence-corrected chi connectivity index (χ0v) is 18.6. The van der Waals surface area contributed by atoms with E-state index in [9.17, 15) is 4.79 Å². The molecule has 0 aliphatic carbocycles. The van der Waals surface area contributed by atoms with E-state index in [0.29, 0.717) is 34.1 Å². The first kappa shape index (κ1) is 22.4. The quantitative estimate of drug-likeness (QED) is 0.271. The number of aromatic nitrogens is 2. The maximum atomic E-state index is 12.5. The summed E-state index contributed by atoms with van der Waals surface area (Å²) in [6.07, 6.45) is 0.935. The van der Waals surface area contributed by atoms with Gasteiger partial charge < -0.3 is 4.74 Å². The van der Waals surface area contributed by atoms with Crippen LogP contribution in [0.2, 0.25) is 10.0 Å². The first-order valence-corrected chi connectivity index (χ1v) is 10.4. The third-order valence-electron chi connectivity index (χ3n) is 4.48. The van der Waals surface area contributed by atoms with Crippen molar-refractivity contribution >= 4 is 29.2 Å². The van der Waals surface area contributed by atoms with Crippen molar-refractivity contribution in [2.75, 3.05) is 6.61 Å². The average molecular weight is 452 g/mol. The van der Waals surface area contributed by atoms with Crippen LogP contribution in [-0.4, -0.2) is 22.4 Å². The number of ether oxygens (including phenoxy) is 1. The number of nitrogens with zero attached hydrogens (tertiary/aromatic N) is 3. The van der Waals surface area contributed by atoms with Crippen molar-refractivity contribution in [2.24, 2.45) is 0 Å². The molecule has 0 fully saturated rings. The van der Waals surface area contributed by atoms with E-state index in [-0.39, 0.29) is 12.3 Å². The number of hydrogen-bond acceptors (Lipinski definition) is 4. The minimum absolute atomic E-state index is 0.225. The fourth-order valence-electron chi connectivity index (χ4n) is 3.05. The number of carbonyl (C=O) groups excluding carboxylic acids is 1. The smallest absolute Gasteiger partial charge is 0.359 e. The number of benzene rings is 2. The predicted molar refractivity (Wildman–Crippen MR) is 121 cm³/mol. The topological polar surface area (TPSA) is 67.9 Å². The van der Waals surface area contributed by atoms with Crippen molar-refractivity contribution in [3.05, 3.63) is 69.3 Å². The highest BCUT2D eigenvalue weighted by Crippen LogP contribution is 2.33. The second-order valence-electron chi connectivity index (χ2n) is 6.59. The molecule has 0 unspecified atom stereocenters. The third kappa shape index (κ3) is 5.09. The normalized spacial score (nSPS) is 10.2. The first-order chi connectivity index (χ1) is 15.0. The molecule has 2 aromatic carbocycles. The van der Waals surface area contributed by atoms with Crippen molar-refractivity contribution in [1.29, 1.82) is 5.26 Å². The fraction of sp³-hybridized carbons (Fsp3) is 0.208. The molecule has 1 heterocycles. The van der Waals surface area contributed by atoms with Gasteiger partial charge in [0.15, 0.2) is 5.69 Å². The van der Waals surface area contributed by atoms with Crippen LogP contribution in [0.3, 0.4) is 0 Å². The van der Waals surface area contributed by atoms with Crippen LogP contribution in [0.25, 0.3) is 16.9 Å². The zero-order valence-electron chi connectivity index (χ0n) is 17.1. The molecular weight excluding hydrogens is 433 g/mol. The predicted octanol–water partition coefficient (Wildman–Crippen LogP) is 5.99. The Bertz CT molecular complexity index is 1210. The van der Waals surface area contributed by atoms with Crippen LogP contribution < -0.4 is 0 Å². The maximum absolute atomic E-state index is 12.5. The van der Waals surface area contributed by atoms with Gasteiger partial charge in [0.05, 0.1) is 29.1 Å². The highest BCUT2D eigenvalue weighted by Gasteiger charge is 2.24. The minimum atomic E-state index is -0.495. The molecule has 3 aromatic rings. The van der Waals surface area contributed by atoms with Crippen molar-refractivity contribution in [3.8, 4) is 34.9 Å². The van der Waals surface area contributed by atoms with Gasteiger partial charge in [-0.1, -0.05) is 47.2 Å². The van der Waals surface area contributed by atoms with Gasteiger partial charge in [-0.2, -0.15) is 10.4 Å². The summed E-state index contributed by atoms with van der Waals surface area (Å²) >= 11 is 12.5. The Kier molecular flexibility index (Phi) is 7.36. The van der Waals surface area contributed by atoms with Gasteiger partial charge >= 0.3 is 5.97 Å². The Morgan fingerprint density at radius 3 is 2.55 bits per heavy atom. The van der Waals surface area contributed by atoms with E-state index in [4.69, 9.17) is 33.2 Å². The van der Waals surface area contributed by atoms with Crippen LogP contribution in [0.4, 0.5) is 0 Å². The van der Waals surface area contributed by atoms with Crippen molar-refractivity contribution in [2.45, 2.75) is 26.7 Å². The highest BCUT2D eigenvalue weighted by atomic mass is 35.5. The molecule has 0 saturated heterocycles. The molecule has 0 aliphatic rings. The number of halogens is 2. The van der Waals surface area contributed by atoms with E-state index >= 15 is 0 Å². The van der Waals surface area contributed by atoms with Crippen LogP contribution in [0.1, 0.15) is 41.4 Å². The van der Waals surface area contributed by atoms with E-state index in [1.54, 1.807) is 29.8 Å². The van der Waals surface area contributed by atoms with Crippen LogP contribution in [0.15, 0.2) is 42.5 Å². The summed E-state index contributed by atoms with van der Waals surface area (Å²) in [7, 11) is 0. The number of rotatable bonds is 5. The monoisotopic (exact) mass is 451 g/mol. The summed E-state index contributed by atoms with van der Waals surface area (Å²) in [4.78, 5) is 12.5. The number of nitriles is 1. The standard InChI is InChI=1S/C24H19Cl2N3O2/c1-3-31-24(30)22-16(2)23(29(28-22)21-13-12-19(25)15-20(21)26)18-10-8-17(9-11-18)7-5-4-6-14-27/h8-13,15H,3-4,6H2,1-2H3. The molecular formula is C24H19Cl2N3O2. The molecule has 7 heteroatoms. The average Bonchev–Trinajstić information content (AvgIpc) is 3.09. The molecule has 1 aromatic heterocycles. The number of esters is 1. The molecule has 0 saturated carbocycles. The fourth-order valence-corrected chi connectivity index (χ4v) is 3.54. The number of carbonyl (C=O) groups is 1. The summed E-state index contributed by atoms with van der Waals surface area (Å²) in [6.45, 7) is 3.82. The van der Waals surface area contributed by atoms with Gasteiger partial charge in [-0.15, -0.1) is 0 Å². The van der Waals surface area contributed by atoms with Gasteiger partial charge in [0.1, 0.15) is 0 Å². The number of unbranched alkanes of at least 4 members (excludes halogenated alkanes) is 1. The molecule has 0 atom stereocenters. The van der Waals surface area contributed by atoms with Gasteiger partial charge in [0.25, 0.3) is 0 Å². The molecule has 156 valence electrons. The molecule has 3 rings (SSSR count). The van der Waals surface area contributed by atoms with E-state index in [1.165, 1.54) is 0 Å². The molecule has 0 amide bonds. The van der Waals surface area contributed by atoms with Crippen molar-refractivity contribution < 1.29 is 9.53 Å². The summed E-state index contributed by atoms with van der Waals surface area (Å²) in [5.41, 5.74) is 3.90. The Balaban J connectivity index is 2.10. The lowest BCUT2D eigenvalue weighted by atomic mass is 10.0. The van der Waals surface area contributed by atoms with Crippen LogP contribution in [0.5, 0.6) is 0 Å². The highest BCUT2D eigenvalue weighted by molar-refractivity contribution is 6.35. The first-order valence-electron chi connectivity index (χ1n) is 9.64. The van der Waals surface area contributed by atoms with E-state index < -0.39 is 5.97 Å². The molecule has 0 bridgehead atoms. The molecule has 0 N–H and O–H groups in total. The van der Waals surface area contributed by atoms with Gasteiger partial charge in [-0.05, 0) is 44.2 Å². The lowest BCUT2D eigenvalue weighted by Crippen LogP contribution is -2.08. The Labute approximate surface area is 191 Å². The van der Waals surface area contributed by atoms with Crippen LogP contribution in [-0.2, 0) is 4.74 Å². The van der Waals surface area contributed by atoms with Crippen LogP contribution in [0, 0.1) is 30.1 Å². The summed E-state index contributed by atoms with van der Waals surface area (Å²) in [6, 6.07) is 14.8. The van der Waals surface area contributed by atoms with Gasteiger partial charge in [-0.3, -0.25) is 0 Å². The van der Waals surface area contributed by atoms with Gasteiger partial charge in [0.2, 0.25) is 0 Å². The third-order valence-corrected chi connectivity index (χ3v) is 5.02. The van der Waals surface area contributed by atoms with Gasteiger partial charge in [-0.25, -0.2) is 9.48 Å². The van der Waals surface area contributed by atoms with E-state index in [0.717, 1.165) is 16.8 Å². The molecule has 0 radical (unpaired) electrons. The summed E-state index contributed by atoms with van der Waals surface area (Å²) in [5, 5.41) is 14.0. The molecule has 0 aliphatic heterocycles. The van der Waals surface area contributed by atoms with Crippen molar-refractivity contribution in [1.82, 2.24) is 9.78 Å². The second-order valence-corrected chi connectivity index (χ2v) is 7.43. The Morgan fingerprint density at radius 1 is 1.16 bits per heavy atom. The molecule has 31 heavy (non-hydrogen) atoms. The number of hydrogen-bond donors (Lipinski definition) is 0. The van der Waals surface area contributed by atoms with Gasteiger partial charge in [0, 0.05) is 34.6 Å². The van der Waals surface area contributed by atoms with E-state index in [2.05, 4.69) is 23.0 Å². The zero-order chi connectivity index (χ0) is 22.4. The summed E-state index contributed by atoms with van der Waals surface area (Å²) < 4.78 is 6.80. The Hall–Kier alpha value is -3.25. The van der Waals surface area contributed by atoms with E-state index in [1.807, 2.05) is 31.2 Å². The summed E-state index contributed by atoms with van der Waals surface area (Å²) in [5.74, 6) is 5.52. The molecule has 5 nitrogen and oxygen atoms in total. The van der Waals surface area contributed by atoms with Crippen LogP contribution >= 0.6 is 23.2 Å². The lowest BCUT2D eigenvalue weighted by Gasteiger charge is -2.11. The lowest BCUT2D eigenvalue weighted by molar-refractivity contribution is 0.0518. The molecule has 0 spiro atoms. The Morgan fingerprint density at radius 2 is 1.90 bits per heavy atom. The van der Waals surface area contributed by atoms with Crippen molar-refractivity contribution in [3.63, 3.8) is 0 Å². The minimum Gasteiger partial charge on any atom is -0.461 e. The SMILES string of the molecule is CCOC(=O)c1nn(-c2ccc(Cl)cc2Cl)c(-c2ccc(C#CCCC#N)cc2)c1C. The second kappa shape index (κ2) is 10.2. The largest absolute Gasteiger partial charge is 0.461 e.